The van der Waals surface area contributed by atoms with Gasteiger partial charge in [-0.2, -0.15) is 5.10 Å². The molecule has 2 aromatic heterocycles. The summed E-state index contributed by atoms with van der Waals surface area (Å²) in [7, 11) is 0. The number of rotatable bonds is 6. The SMILES string of the molecule is O=C(Cn1nc(C(F)F)c(Cl)c1C1CC1)NCc1ccco1. The van der Waals surface area contributed by atoms with E-state index in [0.717, 1.165) is 12.8 Å². The molecule has 1 fully saturated rings. The number of alkyl halides is 2. The van der Waals surface area contributed by atoms with Gasteiger partial charge < -0.3 is 9.73 Å². The number of nitrogens with zero attached hydrogens (tertiary/aromatic N) is 2. The van der Waals surface area contributed by atoms with E-state index in [-0.39, 0.29) is 29.9 Å². The van der Waals surface area contributed by atoms with Gasteiger partial charge in [0.15, 0.2) is 0 Å². The van der Waals surface area contributed by atoms with Crippen molar-refractivity contribution in [3.63, 3.8) is 0 Å². The van der Waals surface area contributed by atoms with Gasteiger partial charge in [0.05, 0.1) is 23.5 Å². The van der Waals surface area contributed by atoms with E-state index in [2.05, 4.69) is 10.4 Å². The van der Waals surface area contributed by atoms with Crippen molar-refractivity contribution in [3.05, 3.63) is 40.6 Å². The minimum absolute atomic E-state index is 0.0173. The van der Waals surface area contributed by atoms with Crippen molar-refractivity contribution in [2.45, 2.75) is 38.3 Å². The van der Waals surface area contributed by atoms with Crippen LogP contribution in [-0.2, 0) is 17.9 Å². The minimum Gasteiger partial charge on any atom is -0.467 e. The Balaban J connectivity index is 1.71. The molecule has 0 unspecified atom stereocenters. The first-order valence-electron chi connectivity index (χ1n) is 6.89. The van der Waals surface area contributed by atoms with Gasteiger partial charge in [-0.15, -0.1) is 0 Å². The molecule has 8 heteroatoms. The van der Waals surface area contributed by atoms with Crippen LogP contribution < -0.4 is 5.32 Å². The lowest BCUT2D eigenvalue weighted by Crippen LogP contribution is -2.28. The van der Waals surface area contributed by atoms with Crippen LogP contribution in [0.5, 0.6) is 0 Å². The molecule has 1 amide bonds. The average Bonchev–Trinajstić information content (AvgIpc) is 3.05. The molecule has 0 spiro atoms. The summed E-state index contributed by atoms with van der Waals surface area (Å²) in [5.74, 6) is 0.395. The molecule has 0 saturated heterocycles. The van der Waals surface area contributed by atoms with Gasteiger partial charge in [-0.3, -0.25) is 9.48 Å². The first-order chi connectivity index (χ1) is 10.6. The zero-order chi connectivity index (χ0) is 15.7. The average molecular weight is 330 g/mol. The molecule has 1 saturated carbocycles. The molecule has 0 atom stereocenters. The lowest BCUT2D eigenvalue weighted by Gasteiger charge is -2.07. The molecule has 2 aromatic rings. The summed E-state index contributed by atoms with van der Waals surface area (Å²) >= 11 is 5.99. The Kier molecular flexibility index (Phi) is 4.15. The second-order valence-corrected chi connectivity index (χ2v) is 5.55. The fraction of sp³-hybridized carbons (Fsp3) is 0.429. The first kappa shape index (κ1) is 15.0. The van der Waals surface area contributed by atoms with E-state index in [4.69, 9.17) is 16.0 Å². The Labute approximate surface area is 130 Å². The number of halogens is 3. The molecule has 0 radical (unpaired) electrons. The molecule has 5 nitrogen and oxygen atoms in total. The van der Waals surface area contributed by atoms with Crippen LogP contribution in [0.4, 0.5) is 8.78 Å². The number of furan rings is 1. The third kappa shape index (κ3) is 3.14. The highest BCUT2D eigenvalue weighted by atomic mass is 35.5. The van der Waals surface area contributed by atoms with Crippen molar-refractivity contribution in [2.75, 3.05) is 0 Å². The summed E-state index contributed by atoms with van der Waals surface area (Å²) < 4.78 is 32.2. The van der Waals surface area contributed by atoms with Gasteiger partial charge in [0.1, 0.15) is 18.0 Å². The van der Waals surface area contributed by atoms with Gasteiger partial charge in [0, 0.05) is 5.92 Å². The second kappa shape index (κ2) is 6.08. The summed E-state index contributed by atoms with van der Waals surface area (Å²) in [5, 5.41) is 6.44. The summed E-state index contributed by atoms with van der Waals surface area (Å²) in [6.45, 7) is 0.0975. The molecule has 22 heavy (non-hydrogen) atoms. The second-order valence-electron chi connectivity index (χ2n) is 5.17. The maximum Gasteiger partial charge on any atom is 0.283 e. The molecular formula is C14H14ClF2N3O2. The van der Waals surface area contributed by atoms with Crippen LogP contribution in [0.15, 0.2) is 22.8 Å². The maximum absolute atomic E-state index is 12.9. The van der Waals surface area contributed by atoms with Gasteiger partial charge in [-0.1, -0.05) is 11.6 Å². The predicted octanol–water partition coefficient (Wildman–Crippen LogP) is 3.26. The zero-order valence-electron chi connectivity index (χ0n) is 11.6. The van der Waals surface area contributed by atoms with E-state index in [1.165, 1.54) is 10.9 Å². The number of nitrogens with one attached hydrogen (secondary N) is 1. The first-order valence-corrected chi connectivity index (χ1v) is 7.27. The molecule has 2 heterocycles. The van der Waals surface area contributed by atoms with Crippen LogP contribution in [0.1, 0.15) is 42.3 Å². The molecule has 1 aliphatic rings. The Morgan fingerprint density at radius 3 is 2.91 bits per heavy atom. The number of aromatic nitrogens is 2. The summed E-state index contributed by atoms with van der Waals surface area (Å²) in [6.07, 6.45) is 0.511. The summed E-state index contributed by atoms with van der Waals surface area (Å²) in [5.41, 5.74) is 0.0764. The van der Waals surface area contributed by atoms with E-state index in [1.54, 1.807) is 12.1 Å². The van der Waals surface area contributed by atoms with Crippen molar-refractivity contribution >= 4 is 17.5 Å². The fourth-order valence-corrected chi connectivity index (χ4v) is 2.64. The standard InChI is InChI=1S/C14H14ClF2N3O2/c15-11-12(14(16)17)19-20(13(11)8-3-4-8)7-10(21)18-6-9-2-1-5-22-9/h1-2,5,8,14H,3-4,6-7H2,(H,18,21). The van der Waals surface area contributed by atoms with Gasteiger partial charge >= 0.3 is 0 Å². The Bertz CT molecular complexity index is 666. The van der Waals surface area contributed by atoms with E-state index in [9.17, 15) is 13.6 Å². The number of hydrogen-bond acceptors (Lipinski definition) is 3. The quantitative estimate of drug-likeness (QED) is 0.885. The van der Waals surface area contributed by atoms with Crippen LogP contribution in [0.2, 0.25) is 5.02 Å². The van der Waals surface area contributed by atoms with Crippen LogP contribution >= 0.6 is 11.6 Å². The third-order valence-electron chi connectivity index (χ3n) is 3.46. The number of hydrogen-bond donors (Lipinski definition) is 1. The maximum atomic E-state index is 12.9. The monoisotopic (exact) mass is 329 g/mol. The Morgan fingerprint density at radius 2 is 2.32 bits per heavy atom. The lowest BCUT2D eigenvalue weighted by atomic mass is 10.2. The molecule has 3 rings (SSSR count). The molecule has 0 aromatic carbocycles. The molecule has 1 aliphatic carbocycles. The molecule has 0 aliphatic heterocycles. The van der Waals surface area contributed by atoms with Gasteiger partial charge in [-0.05, 0) is 25.0 Å². The van der Waals surface area contributed by atoms with Crippen molar-refractivity contribution in [1.29, 1.82) is 0 Å². The zero-order valence-corrected chi connectivity index (χ0v) is 12.3. The molecular weight excluding hydrogens is 316 g/mol. The van der Waals surface area contributed by atoms with Crippen molar-refractivity contribution in [3.8, 4) is 0 Å². The minimum atomic E-state index is -2.75. The lowest BCUT2D eigenvalue weighted by molar-refractivity contribution is -0.122. The van der Waals surface area contributed by atoms with Crippen molar-refractivity contribution < 1.29 is 18.0 Å². The third-order valence-corrected chi connectivity index (χ3v) is 3.85. The van der Waals surface area contributed by atoms with E-state index < -0.39 is 12.1 Å². The molecule has 118 valence electrons. The van der Waals surface area contributed by atoms with E-state index >= 15 is 0 Å². The Hall–Kier alpha value is -1.89. The fourth-order valence-electron chi connectivity index (χ4n) is 2.27. The highest BCUT2D eigenvalue weighted by Gasteiger charge is 2.34. The molecule has 1 N–H and O–H groups in total. The topological polar surface area (TPSA) is 60.1 Å². The normalized spacial score (nSPS) is 14.5. The Morgan fingerprint density at radius 1 is 1.55 bits per heavy atom. The number of amides is 1. The molecule has 0 bridgehead atoms. The van der Waals surface area contributed by atoms with E-state index in [1.807, 2.05) is 0 Å². The van der Waals surface area contributed by atoms with E-state index in [0.29, 0.717) is 11.5 Å². The number of carbonyl (C=O) groups excluding carboxylic acids is 1. The van der Waals surface area contributed by atoms with Gasteiger partial charge in [0.25, 0.3) is 6.43 Å². The van der Waals surface area contributed by atoms with Crippen molar-refractivity contribution in [1.82, 2.24) is 15.1 Å². The highest BCUT2D eigenvalue weighted by Crippen LogP contribution is 2.45. The smallest absolute Gasteiger partial charge is 0.283 e. The highest BCUT2D eigenvalue weighted by molar-refractivity contribution is 6.32. The summed E-state index contributed by atoms with van der Waals surface area (Å²) in [4.78, 5) is 11.9. The van der Waals surface area contributed by atoms with Crippen LogP contribution in [-0.4, -0.2) is 15.7 Å². The van der Waals surface area contributed by atoms with Gasteiger partial charge in [-0.25, -0.2) is 8.78 Å². The van der Waals surface area contributed by atoms with Crippen LogP contribution in [0.3, 0.4) is 0 Å². The predicted molar refractivity (Wildman–Crippen MR) is 74.7 cm³/mol. The van der Waals surface area contributed by atoms with Crippen LogP contribution in [0, 0.1) is 0 Å². The van der Waals surface area contributed by atoms with Gasteiger partial charge in [0.2, 0.25) is 5.91 Å². The van der Waals surface area contributed by atoms with Crippen LogP contribution in [0.25, 0.3) is 0 Å². The number of carbonyl (C=O) groups is 1. The van der Waals surface area contributed by atoms with Crippen molar-refractivity contribution in [2.24, 2.45) is 0 Å². The summed E-state index contributed by atoms with van der Waals surface area (Å²) in [6, 6.07) is 3.45. The largest absolute Gasteiger partial charge is 0.467 e.